The quantitative estimate of drug-likeness (QED) is 0.850. The van der Waals surface area contributed by atoms with Gasteiger partial charge in [-0.25, -0.2) is 4.98 Å². The van der Waals surface area contributed by atoms with Gasteiger partial charge >= 0.3 is 0 Å². The molecule has 1 aromatic heterocycles. The summed E-state index contributed by atoms with van der Waals surface area (Å²) >= 11 is 1.36. The summed E-state index contributed by atoms with van der Waals surface area (Å²) in [7, 11) is 0. The van der Waals surface area contributed by atoms with Crippen LogP contribution in [0.2, 0.25) is 0 Å². The molecule has 1 aliphatic rings. The predicted molar refractivity (Wildman–Crippen MR) is 86.4 cm³/mol. The molecule has 22 heavy (non-hydrogen) atoms. The predicted octanol–water partition coefficient (Wildman–Crippen LogP) is 3.00. The fourth-order valence-corrected chi connectivity index (χ4v) is 3.54. The number of carbonyl (C=O) groups is 1. The lowest BCUT2D eigenvalue weighted by Crippen LogP contribution is -2.49. The Bertz CT molecular complexity index is 679. The molecule has 1 fully saturated rings. The molecule has 2 aromatic rings. The van der Waals surface area contributed by atoms with Crippen LogP contribution in [0.5, 0.6) is 0 Å². The van der Waals surface area contributed by atoms with Crippen molar-refractivity contribution in [1.29, 1.82) is 5.26 Å². The molecule has 0 spiro atoms. The van der Waals surface area contributed by atoms with Gasteiger partial charge in [-0.05, 0) is 25.0 Å². The van der Waals surface area contributed by atoms with Crippen LogP contribution in [-0.4, -0.2) is 27.2 Å². The van der Waals surface area contributed by atoms with E-state index in [0.29, 0.717) is 0 Å². The third kappa shape index (κ3) is 3.25. The Morgan fingerprint density at radius 3 is 2.86 bits per heavy atom. The maximum absolute atomic E-state index is 12.1. The number of thioether (sulfide) groups is 1. The zero-order valence-electron chi connectivity index (χ0n) is 12.3. The van der Waals surface area contributed by atoms with Gasteiger partial charge < -0.3 is 10.3 Å². The van der Waals surface area contributed by atoms with E-state index in [-0.39, 0.29) is 11.7 Å². The van der Waals surface area contributed by atoms with E-state index in [0.717, 1.165) is 48.3 Å². The minimum Gasteiger partial charge on any atom is -0.337 e. The fraction of sp³-hybridized carbons (Fsp3) is 0.438. The van der Waals surface area contributed by atoms with Gasteiger partial charge in [-0.2, -0.15) is 5.26 Å². The summed E-state index contributed by atoms with van der Waals surface area (Å²) in [5.74, 6) is 0.164. The van der Waals surface area contributed by atoms with E-state index in [1.165, 1.54) is 11.8 Å². The highest BCUT2D eigenvalue weighted by Crippen LogP contribution is 2.28. The minimum absolute atomic E-state index is 0.103. The Labute approximate surface area is 133 Å². The number of fused-ring (bicyclic) bond motifs is 1. The van der Waals surface area contributed by atoms with E-state index in [1.807, 2.05) is 24.3 Å². The molecule has 1 saturated carbocycles. The average Bonchev–Trinajstić information content (AvgIpc) is 2.97. The van der Waals surface area contributed by atoms with Gasteiger partial charge in [0.15, 0.2) is 5.16 Å². The van der Waals surface area contributed by atoms with Crippen molar-refractivity contribution in [3.05, 3.63) is 24.3 Å². The number of rotatable bonds is 4. The van der Waals surface area contributed by atoms with Gasteiger partial charge in [0.05, 0.1) is 22.9 Å². The molecule has 0 unspecified atom stereocenters. The molecule has 1 amide bonds. The zero-order chi connectivity index (χ0) is 15.4. The monoisotopic (exact) mass is 314 g/mol. The van der Waals surface area contributed by atoms with Crippen molar-refractivity contribution in [3.63, 3.8) is 0 Å². The SMILES string of the molecule is N#CC1(NC(=O)CSc2nc3ccccc3[nH]2)CCCCC1. The molecule has 0 aliphatic heterocycles. The number of aromatic nitrogens is 2. The molecular formula is C16H18N4OS. The smallest absolute Gasteiger partial charge is 0.231 e. The largest absolute Gasteiger partial charge is 0.337 e. The van der Waals surface area contributed by atoms with Crippen LogP contribution >= 0.6 is 11.8 Å². The summed E-state index contributed by atoms with van der Waals surface area (Å²) in [6.45, 7) is 0. The highest BCUT2D eigenvalue weighted by molar-refractivity contribution is 7.99. The van der Waals surface area contributed by atoms with Crippen molar-refractivity contribution in [2.45, 2.75) is 42.8 Å². The van der Waals surface area contributed by atoms with Crippen LogP contribution in [0.3, 0.4) is 0 Å². The number of amides is 1. The van der Waals surface area contributed by atoms with E-state index < -0.39 is 5.54 Å². The van der Waals surface area contributed by atoms with Crippen molar-refractivity contribution < 1.29 is 4.79 Å². The molecule has 2 N–H and O–H groups in total. The van der Waals surface area contributed by atoms with Gasteiger partial charge in [0.25, 0.3) is 0 Å². The van der Waals surface area contributed by atoms with Crippen molar-refractivity contribution in [3.8, 4) is 6.07 Å². The molecule has 3 rings (SSSR count). The van der Waals surface area contributed by atoms with Gasteiger partial charge in [-0.15, -0.1) is 0 Å². The molecule has 0 saturated heterocycles. The van der Waals surface area contributed by atoms with Crippen LogP contribution in [0.4, 0.5) is 0 Å². The number of hydrogen-bond acceptors (Lipinski definition) is 4. The molecule has 0 bridgehead atoms. The summed E-state index contributed by atoms with van der Waals surface area (Å²) < 4.78 is 0. The van der Waals surface area contributed by atoms with Crippen LogP contribution in [-0.2, 0) is 4.79 Å². The molecule has 5 nitrogen and oxygen atoms in total. The molecule has 1 aliphatic carbocycles. The van der Waals surface area contributed by atoms with E-state index in [2.05, 4.69) is 21.4 Å². The van der Waals surface area contributed by atoms with Gasteiger partial charge in [-0.3, -0.25) is 4.79 Å². The Morgan fingerprint density at radius 1 is 1.36 bits per heavy atom. The van der Waals surface area contributed by atoms with Gasteiger partial charge in [-0.1, -0.05) is 43.2 Å². The first kappa shape index (κ1) is 14.9. The van der Waals surface area contributed by atoms with E-state index in [9.17, 15) is 10.1 Å². The second kappa shape index (κ2) is 6.41. The Morgan fingerprint density at radius 2 is 2.14 bits per heavy atom. The van der Waals surface area contributed by atoms with Crippen molar-refractivity contribution in [2.75, 3.05) is 5.75 Å². The minimum atomic E-state index is -0.663. The highest BCUT2D eigenvalue weighted by Gasteiger charge is 2.33. The Kier molecular flexibility index (Phi) is 4.34. The Balaban J connectivity index is 1.59. The molecule has 0 radical (unpaired) electrons. The molecule has 114 valence electrons. The Hall–Kier alpha value is -2.00. The summed E-state index contributed by atoms with van der Waals surface area (Å²) in [5, 5.41) is 13.0. The lowest BCUT2D eigenvalue weighted by Gasteiger charge is -2.31. The number of carbonyl (C=O) groups excluding carboxylic acids is 1. The number of hydrogen-bond donors (Lipinski definition) is 2. The highest BCUT2D eigenvalue weighted by atomic mass is 32.2. The number of aromatic amines is 1. The van der Waals surface area contributed by atoms with E-state index in [4.69, 9.17) is 0 Å². The number of nitrogens with zero attached hydrogens (tertiary/aromatic N) is 2. The lowest BCUT2D eigenvalue weighted by atomic mass is 9.83. The van der Waals surface area contributed by atoms with Crippen LogP contribution in [0, 0.1) is 11.3 Å². The van der Waals surface area contributed by atoms with Crippen molar-refractivity contribution in [2.24, 2.45) is 0 Å². The number of H-pyrrole nitrogens is 1. The maximum atomic E-state index is 12.1. The van der Waals surface area contributed by atoms with E-state index >= 15 is 0 Å². The number of imidazole rings is 1. The van der Waals surface area contributed by atoms with Gasteiger partial charge in [0.1, 0.15) is 5.54 Å². The van der Waals surface area contributed by atoms with Crippen LogP contribution < -0.4 is 5.32 Å². The molecule has 1 heterocycles. The molecule has 1 aromatic carbocycles. The van der Waals surface area contributed by atoms with Crippen LogP contribution in [0.1, 0.15) is 32.1 Å². The van der Waals surface area contributed by atoms with Gasteiger partial charge in [0, 0.05) is 0 Å². The van der Waals surface area contributed by atoms with Crippen LogP contribution in [0.25, 0.3) is 11.0 Å². The first-order valence-corrected chi connectivity index (χ1v) is 8.49. The second-order valence-corrected chi connectivity index (χ2v) is 6.61. The number of nitrogens with one attached hydrogen (secondary N) is 2. The lowest BCUT2D eigenvalue weighted by molar-refractivity contribution is -0.120. The fourth-order valence-electron chi connectivity index (χ4n) is 2.85. The third-order valence-corrected chi connectivity index (χ3v) is 4.88. The normalized spacial score (nSPS) is 17.0. The zero-order valence-corrected chi connectivity index (χ0v) is 13.1. The van der Waals surface area contributed by atoms with E-state index in [1.54, 1.807) is 0 Å². The molecule has 0 atom stereocenters. The summed E-state index contributed by atoms with van der Waals surface area (Å²) in [4.78, 5) is 19.8. The average molecular weight is 314 g/mol. The first-order valence-electron chi connectivity index (χ1n) is 7.51. The third-order valence-electron chi connectivity index (χ3n) is 4.01. The molecular weight excluding hydrogens is 296 g/mol. The van der Waals surface area contributed by atoms with Crippen molar-refractivity contribution in [1.82, 2.24) is 15.3 Å². The summed E-state index contributed by atoms with van der Waals surface area (Å²) in [5.41, 5.74) is 1.20. The maximum Gasteiger partial charge on any atom is 0.231 e. The first-order chi connectivity index (χ1) is 10.7. The topological polar surface area (TPSA) is 81.6 Å². The number of benzene rings is 1. The second-order valence-electron chi connectivity index (χ2n) is 5.65. The number of para-hydroxylation sites is 2. The summed E-state index contributed by atoms with van der Waals surface area (Å²) in [6.07, 6.45) is 4.66. The summed E-state index contributed by atoms with van der Waals surface area (Å²) in [6, 6.07) is 10.1. The number of nitriles is 1. The molecule has 6 heteroatoms. The van der Waals surface area contributed by atoms with Crippen LogP contribution in [0.15, 0.2) is 29.4 Å². The van der Waals surface area contributed by atoms with Gasteiger partial charge in [0.2, 0.25) is 5.91 Å². The standard InChI is InChI=1S/C16H18N4OS/c17-11-16(8-4-1-5-9-16)20-14(21)10-22-15-18-12-6-2-3-7-13(12)19-15/h2-3,6-7H,1,4-5,8-10H2,(H,18,19)(H,20,21). The van der Waals surface area contributed by atoms with Crippen molar-refractivity contribution >= 4 is 28.7 Å².